The number of hydrogen-bond donors (Lipinski definition) is 2. The summed E-state index contributed by atoms with van der Waals surface area (Å²) >= 11 is 0. The van der Waals surface area contributed by atoms with Crippen LogP contribution in [0.5, 0.6) is 0 Å². The summed E-state index contributed by atoms with van der Waals surface area (Å²) in [5.74, 6) is 0.844. The van der Waals surface area contributed by atoms with Gasteiger partial charge < -0.3 is 11.1 Å². The van der Waals surface area contributed by atoms with Crippen LogP contribution < -0.4 is 11.1 Å². The number of unbranched alkanes of at least 4 members (excludes halogenated alkanes) is 1. The van der Waals surface area contributed by atoms with Crippen LogP contribution in [0.1, 0.15) is 78.1 Å². The van der Waals surface area contributed by atoms with Gasteiger partial charge in [0.2, 0.25) is 5.91 Å². The molecule has 3 nitrogen and oxygen atoms in total. The molecule has 0 bridgehead atoms. The van der Waals surface area contributed by atoms with E-state index in [4.69, 9.17) is 5.73 Å². The van der Waals surface area contributed by atoms with Gasteiger partial charge in [-0.2, -0.15) is 0 Å². The Hall–Kier alpha value is -0.570. The van der Waals surface area contributed by atoms with Gasteiger partial charge in [-0.1, -0.05) is 58.8 Å². The number of rotatable bonds is 8. The molecular formula is C17H34N2O. The first-order valence-corrected chi connectivity index (χ1v) is 8.67. The summed E-state index contributed by atoms with van der Waals surface area (Å²) in [6.45, 7) is 5.78. The second-order valence-electron chi connectivity index (χ2n) is 6.53. The van der Waals surface area contributed by atoms with E-state index in [9.17, 15) is 4.79 Å². The zero-order valence-corrected chi connectivity index (χ0v) is 13.5. The molecule has 0 spiro atoms. The molecule has 1 aliphatic carbocycles. The fourth-order valence-electron chi connectivity index (χ4n) is 3.30. The molecule has 0 aliphatic heterocycles. The van der Waals surface area contributed by atoms with Crippen molar-refractivity contribution in [2.24, 2.45) is 17.1 Å². The summed E-state index contributed by atoms with van der Waals surface area (Å²) in [6, 6.07) is 0. The van der Waals surface area contributed by atoms with Crippen molar-refractivity contribution in [1.29, 1.82) is 0 Å². The Balaban J connectivity index is 2.49. The minimum Gasteiger partial charge on any atom is -0.355 e. The lowest BCUT2D eigenvalue weighted by Gasteiger charge is -2.30. The van der Waals surface area contributed by atoms with Crippen molar-refractivity contribution in [3.05, 3.63) is 0 Å². The van der Waals surface area contributed by atoms with Crippen LogP contribution >= 0.6 is 0 Å². The predicted octanol–water partition coefficient (Wildman–Crippen LogP) is 3.62. The molecule has 0 saturated heterocycles. The second kappa shape index (κ2) is 9.38. The molecule has 1 saturated carbocycles. The maximum absolute atomic E-state index is 12.6. The van der Waals surface area contributed by atoms with E-state index >= 15 is 0 Å². The Morgan fingerprint density at radius 1 is 1.20 bits per heavy atom. The van der Waals surface area contributed by atoms with E-state index < -0.39 is 0 Å². The molecular weight excluding hydrogens is 248 g/mol. The number of carbonyl (C=O) groups excluding carboxylic acids is 1. The summed E-state index contributed by atoms with van der Waals surface area (Å²) in [7, 11) is 0. The van der Waals surface area contributed by atoms with Crippen molar-refractivity contribution in [1.82, 2.24) is 5.32 Å². The van der Waals surface area contributed by atoms with Crippen LogP contribution in [0.15, 0.2) is 0 Å². The third-order valence-electron chi connectivity index (χ3n) is 5.03. The molecule has 0 aromatic rings. The molecule has 20 heavy (non-hydrogen) atoms. The summed E-state index contributed by atoms with van der Waals surface area (Å²) < 4.78 is 0. The minimum atomic E-state index is -0.278. The highest BCUT2D eigenvalue weighted by Crippen LogP contribution is 2.34. The predicted molar refractivity (Wildman–Crippen MR) is 85.5 cm³/mol. The Bertz CT molecular complexity index is 270. The van der Waals surface area contributed by atoms with Crippen molar-refractivity contribution in [2.45, 2.75) is 78.1 Å². The van der Waals surface area contributed by atoms with E-state index in [1.807, 2.05) is 0 Å². The first-order valence-electron chi connectivity index (χ1n) is 8.67. The largest absolute Gasteiger partial charge is 0.355 e. The minimum absolute atomic E-state index is 0.219. The van der Waals surface area contributed by atoms with Crippen LogP contribution in [-0.4, -0.2) is 19.0 Å². The van der Waals surface area contributed by atoms with E-state index in [1.54, 1.807) is 0 Å². The molecule has 1 amide bonds. The normalized spacial score (nSPS) is 20.1. The summed E-state index contributed by atoms with van der Waals surface area (Å²) in [6.07, 6.45) is 11.6. The Morgan fingerprint density at radius 3 is 2.35 bits per heavy atom. The topological polar surface area (TPSA) is 55.1 Å². The average molecular weight is 282 g/mol. The van der Waals surface area contributed by atoms with Crippen LogP contribution in [-0.2, 0) is 4.79 Å². The summed E-state index contributed by atoms with van der Waals surface area (Å²) in [4.78, 5) is 12.6. The van der Waals surface area contributed by atoms with Crippen LogP contribution in [0.3, 0.4) is 0 Å². The van der Waals surface area contributed by atoms with Gasteiger partial charge in [0.25, 0.3) is 0 Å². The molecule has 0 aromatic carbocycles. The number of hydrogen-bond acceptors (Lipinski definition) is 2. The van der Waals surface area contributed by atoms with Crippen molar-refractivity contribution < 1.29 is 4.79 Å². The average Bonchev–Trinajstić information content (AvgIpc) is 2.73. The highest BCUT2D eigenvalue weighted by Gasteiger charge is 2.37. The van der Waals surface area contributed by atoms with Gasteiger partial charge in [-0.05, 0) is 25.2 Å². The first kappa shape index (κ1) is 17.5. The highest BCUT2D eigenvalue weighted by molar-refractivity contribution is 5.82. The van der Waals surface area contributed by atoms with Gasteiger partial charge >= 0.3 is 0 Å². The fraction of sp³-hybridized carbons (Fsp3) is 0.941. The Morgan fingerprint density at radius 2 is 1.85 bits per heavy atom. The lowest BCUT2D eigenvalue weighted by atomic mass is 9.79. The fourth-order valence-corrected chi connectivity index (χ4v) is 3.30. The zero-order valence-electron chi connectivity index (χ0n) is 13.5. The summed E-state index contributed by atoms with van der Waals surface area (Å²) in [5.41, 5.74) is 5.69. The van der Waals surface area contributed by atoms with Crippen LogP contribution in [0.4, 0.5) is 0 Å². The van der Waals surface area contributed by atoms with Crippen LogP contribution in [0.2, 0.25) is 0 Å². The van der Waals surface area contributed by atoms with Gasteiger partial charge in [0.15, 0.2) is 0 Å². The molecule has 1 unspecified atom stereocenters. The molecule has 1 fully saturated rings. The second-order valence-corrected chi connectivity index (χ2v) is 6.53. The zero-order chi connectivity index (χ0) is 14.8. The van der Waals surface area contributed by atoms with Crippen molar-refractivity contribution in [3.8, 4) is 0 Å². The molecule has 0 radical (unpaired) electrons. The van der Waals surface area contributed by atoms with Crippen molar-refractivity contribution in [3.63, 3.8) is 0 Å². The number of amides is 1. The van der Waals surface area contributed by atoms with E-state index in [0.717, 1.165) is 38.6 Å². The molecule has 1 atom stereocenters. The maximum atomic E-state index is 12.6. The van der Waals surface area contributed by atoms with E-state index in [1.165, 1.54) is 32.1 Å². The highest BCUT2D eigenvalue weighted by atomic mass is 16.2. The van der Waals surface area contributed by atoms with Gasteiger partial charge in [0, 0.05) is 13.1 Å². The lowest BCUT2D eigenvalue weighted by Crippen LogP contribution is -2.47. The summed E-state index contributed by atoms with van der Waals surface area (Å²) in [5, 5.41) is 3.21. The number of nitrogens with two attached hydrogens (primary N) is 1. The molecule has 3 N–H and O–H groups in total. The first-order chi connectivity index (χ1) is 9.68. The standard InChI is InChI=1S/C17H34N2O/c1-3-5-10-15(4-2)13-19-16(20)17(14-18)11-8-6-7-9-12-17/h15H,3-14,18H2,1-2H3,(H,19,20). The molecule has 1 aliphatic rings. The number of carbonyl (C=O) groups is 1. The van der Waals surface area contributed by atoms with Gasteiger partial charge in [-0.3, -0.25) is 4.79 Å². The van der Waals surface area contributed by atoms with Gasteiger partial charge in [0.05, 0.1) is 5.41 Å². The molecule has 118 valence electrons. The van der Waals surface area contributed by atoms with Crippen molar-refractivity contribution in [2.75, 3.05) is 13.1 Å². The van der Waals surface area contributed by atoms with E-state index in [0.29, 0.717) is 12.5 Å². The third kappa shape index (κ3) is 5.08. The van der Waals surface area contributed by atoms with Gasteiger partial charge in [-0.25, -0.2) is 0 Å². The van der Waals surface area contributed by atoms with Crippen LogP contribution in [0.25, 0.3) is 0 Å². The lowest BCUT2D eigenvalue weighted by molar-refractivity contribution is -0.131. The maximum Gasteiger partial charge on any atom is 0.227 e. The molecule has 0 heterocycles. The van der Waals surface area contributed by atoms with Crippen LogP contribution in [0, 0.1) is 11.3 Å². The van der Waals surface area contributed by atoms with Gasteiger partial charge in [0.1, 0.15) is 0 Å². The van der Waals surface area contributed by atoms with E-state index in [-0.39, 0.29) is 11.3 Å². The van der Waals surface area contributed by atoms with Crippen molar-refractivity contribution >= 4 is 5.91 Å². The third-order valence-corrected chi connectivity index (χ3v) is 5.03. The Labute approximate surface area is 125 Å². The molecule has 0 aromatic heterocycles. The quantitative estimate of drug-likeness (QED) is 0.668. The SMILES string of the molecule is CCCCC(CC)CNC(=O)C1(CN)CCCCCC1. The molecule has 1 rings (SSSR count). The smallest absolute Gasteiger partial charge is 0.227 e. The van der Waals surface area contributed by atoms with E-state index in [2.05, 4.69) is 19.2 Å². The molecule has 3 heteroatoms. The Kier molecular flexibility index (Phi) is 8.20. The monoisotopic (exact) mass is 282 g/mol. The number of nitrogens with one attached hydrogen (secondary N) is 1. The van der Waals surface area contributed by atoms with Gasteiger partial charge in [-0.15, -0.1) is 0 Å².